The smallest absolute Gasteiger partial charge is 0.329 e. The predicted octanol–water partition coefficient (Wildman–Crippen LogP) is 2.76. The summed E-state index contributed by atoms with van der Waals surface area (Å²) in [7, 11) is 0. The second-order valence-corrected chi connectivity index (χ2v) is 9.10. The minimum absolute atomic E-state index is 0.208. The molecule has 0 aromatic heterocycles. The predicted molar refractivity (Wildman–Crippen MR) is 115 cm³/mol. The van der Waals surface area contributed by atoms with Gasteiger partial charge >= 0.3 is 5.97 Å². The normalized spacial score (nSPS) is 19.7. The second kappa shape index (κ2) is 9.08. The van der Waals surface area contributed by atoms with E-state index in [1.165, 1.54) is 4.90 Å². The molecule has 2 aliphatic rings. The molecule has 8 nitrogen and oxygen atoms in total. The molecule has 3 amide bonds. The summed E-state index contributed by atoms with van der Waals surface area (Å²) in [5.41, 5.74) is 1.35. The number of hydrogen-bond acceptors (Lipinski definition) is 6. The van der Waals surface area contributed by atoms with Gasteiger partial charge in [-0.2, -0.15) is 0 Å². The third-order valence-corrected chi connectivity index (χ3v) is 5.45. The van der Waals surface area contributed by atoms with Crippen LogP contribution in [0.2, 0.25) is 0 Å². The molecule has 1 aromatic carbocycles. The van der Waals surface area contributed by atoms with Crippen molar-refractivity contribution in [2.75, 3.05) is 5.32 Å². The van der Waals surface area contributed by atoms with Gasteiger partial charge in [0, 0.05) is 29.8 Å². The average Bonchev–Trinajstić information content (AvgIpc) is 3.01. The number of esters is 1. The van der Waals surface area contributed by atoms with E-state index in [9.17, 15) is 19.2 Å². The van der Waals surface area contributed by atoms with Gasteiger partial charge in [0.15, 0.2) is 0 Å². The summed E-state index contributed by atoms with van der Waals surface area (Å²) in [4.78, 5) is 51.0. The summed E-state index contributed by atoms with van der Waals surface area (Å²) < 4.78 is 5.59. The molecule has 8 heteroatoms. The van der Waals surface area contributed by atoms with E-state index in [1.807, 2.05) is 26.8 Å². The van der Waals surface area contributed by atoms with Gasteiger partial charge in [-0.3, -0.25) is 19.7 Å². The number of piperidine rings is 1. The Labute approximate surface area is 182 Å². The number of ether oxygens (including phenoxy) is 1. The standard InChI is InChI=1S/C23H31N3O5/c1-5-6-9-17(22(30)31-23(2,3)4)24-16-10-7-8-14-15(16)13-26(21(14)29)18-11-12-19(27)25-20(18)28/h7-8,10,17-18,24H,5-6,9,11-13H2,1-4H3,(H,25,27,28). The summed E-state index contributed by atoms with van der Waals surface area (Å²) in [6, 6.07) is 4.11. The SMILES string of the molecule is CCCCC(Nc1cccc2c1CN(C1CCC(=O)NC1=O)C2=O)C(=O)OC(C)(C)C. The highest BCUT2D eigenvalue weighted by molar-refractivity contribution is 6.06. The lowest BCUT2D eigenvalue weighted by Gasteiger charge is -2.29. The largest absolute Gasteiger partial charge is 0.458 e. The van der Waals surface area contributed by atoms with Crippen LogP contribution >= 0.6 is 0 Å². The molecular formula is C23H31N3O5. The first-order valence-electron chi connectivity index (χ1n) is 10.9. The van der Waals surface area contributed by atoms with Gasteiger partial charge in [-0.1, -0.05) is 25.8 Å². The van der Waals surface area contributed by atoms with E-state index in [1.54, 1.807) is 12.1 Å². The first-order valence-corrected chi connectivity index (χ1v) is 10.9. The van der Waals surface area contributed by atoms with Crippen molar-refractivity contribution in [2.24, 2.45) is 0 Å². The molecule has 2 N–H and O–H groups in total. The maximum Gasteiger partial charge on any atom is 0.329 e. The number of amides is 3. The quantitative estimate of drug-likeness (QED) is 0.510. The molecule has 2 heterocycles. The number of benzene rings is 1. The van der Waals surface area contributed by atoms with Gasteiger partial charge in [-0.25, -0.2) is 4.79 Å². The number of imide groups is 1. The van der Waals surface area contributed by atoms with E-state index in [0.717, 1.165) is 18.4 Å². The van der Waals surface area contributed by atoms with Crippen molar-refractivity contribution >= 4 is 29.4 Å². The Morgan fingerprint density at radius 3 is 2.68 bits per heavy atom. The summed E-state index contributed by atoms with van der Waals surface area (Å²) in [5, 5.41) is 5.60. The minimum atomic E-state index is -0.674. The highest BCUT2D eigenvalue weighted by Gasteiger charge is 2.40. The topological polar surface area (TPSA) is 105 Å². The molecule has 31 heavy (non-hydrogen) atoms. The van der Waals surface area contributed by atoms with E-state index in [2.05, 4.69) is 17.6 Å². The molecule has 1 saturated heterocycles. The van der Waals surface area contributed by atoms with Crippen LogP contribution in [0, 0.1) is 0 Å². The Hall–Kier alpha value is -2.90. The Morgan fingerprint density at radius 2 is 2.03 bits per heavy atom. The van der Waals surface area contributed by atoms with Gasteiger partial charge in [0.1, 0.15) is 17.7 Å². The number of fused-ring (bicyclic) bond motifs is 1. The van der Waals surface area contributed by atoms with E-state index in [-0.39, 0.29) is 30.7 Å². The Kier molecular flexibility index (Phi) is 6.67. The fraction of sp³-hybridized carbons (Fsp3) is 0.565. The Bertz CT molecular complexity index is 890. The summed E-state index contributed by atoms with van der Waals surface area (Å²) in [6.45, 7) is 7.80. The van der Waals surface area contributed by atoms with Crippen molar-refractivity contribution in [3.8, 4) is 0 Å². The number of carbonyl (C=O) groups is 4. The van der Waals surface area contributed by atoms with Gasteiger partial charge in [0.05, 0.1) is 0 Å². The maximum absolute atomic E-state index is 13.0. The van der Waals surface area contributed by atoms with E-state index < -0.39 is 23.6 Å². The molecule has 2 aliphatic heterocycles. The van der Waals surface area contributed by atoms with Crippen molar-refractivity contribution in [1.82, 2.24) is 10.2 Å². The molecule has 2 unspecified atom stereocenters. The number of anilines is 1. The van der Waals surface area contributed by atoms with Crippen molar-refractivity contribution in [3.05, 3.63) is 29.3 Å². The molecule has 1 fully saturated rings. The van der Waals surface area contributed by atoms with Crippen LogP contribution in [0.5, 0.6) is 0 Å². The maximum atomic E-state index is 13.0. The van der Waals surface area contributed by atoms with Crippen molar-refractivity contribution in [1.29, 1.82) is 0 Å². The van der Waals surface area contributed by atoms with Gasteiger partial charge in [-0.15, -0.1) is 0 Å². The highest BCUT2D eigenvalue weighted by atomic mass is 16.6. The van der Waals surface area contributed by atoms with Crippen molar-refractivity contribution in [2.45, 2.75) is 84.0 Å². The van der Waals surface area contributed by atoms with E-state index in [4.69, 9.17) is 4.74 Å². The lowest BCUT2D eigenvalue weighted by atomic mass is 10.0. The van der Waals surface area contributed by atoms with E-state index in [0.29, 0.717) is 24.1 Å². The summed E-state index contributed by atoms with van der Waals surface area (Å²) >= 11 is 0. The molecule has 0 aliphatic carbocycles. The second-order valence-electron chi connectivity index (χ2n) is 9.10. The van der Waals surface area contributed by atoms with Crippen LogP contribution in [0.1, 0.15) is 75.7 Å². The van der Waals surface area contributed by atoms with Crippen LogP contribution in [-0.2, 0) is 25.7 Å². The van der Waals surface area contributed by atoms with Crippen LogP contribution in [-0.4, -0.2) is 46.3 Å². The lowest BCUT2D eigenvalue weighted by molar-refractivity contribution is -0.156. The zero-order chi connectivity index (χ0) is 22.8. The van der Waals surface area contributed by atoms with E-state index >= 15 is 0 Å². The molecule has 2 atom stereocenters. The molecule has 0 radical (unpaired) electrons. The zero-order valence-electron chi connectivity index (χ0n) is 18.6. The van der Waals surface area contributed by atoms with Gasteiger partial charge in [-0.05, 0) is 45.7 Å². The van der Waals surface area contributed by atoms with Crippen LogP contribution in [0.15, 0.2) is 18.2 Å². The fourth-order valence-electron chi connectivity index (χ4n) is 3.94. The van der Waals surface area contributed by atoms with Crippen LogP contribution in [0.3, 0.4) is 0 Å². The summed E-state index contributed by atoms with van der Waals surface area (Å²) in [5.74, 6) is -1.33. The molecule has 0 spiro atoms. The van der Waals surface area contributed by atoms with Gasteiger partial charge in [0.25, 0.3) is 5.91 Å². The van der Waals surface area contributed by atoms with Gasteiger partial charge in [0.2, 0.25) is 11.8 Å². The molecular weight excluding hydrogens is 398 g/mol. The fourth-order valence-corrected chi connectivity index (χ4v) is 3.94. The Morgan fingerprint density at radius 1 is 1.29 bits per heavy atom. The molecule has 0 saturated carbocycles. The van der Waals surface area contributed by atoms with Crippen molar-refractivity contribution < 1.29 is 23.9 Å². The third kappa shape index (κ3) is 5.24. The number of nitrogens with one attached hydrogen (secondary N) is 2. The van der Waals surface area contributed by atoms with Gasteiger partial charge < -0.3 is 15.0 Å². The molecule has 0 bridgehead atoms. The third-order valence-electron chi connectivity index (χ3n) is 5.45. The molecule has 1 aromatic rings. The molecule has 168 valence electrons. The monoisotopic (exact) mass is 429 g/mol. The first kappa shape index (κ1) is 22.8. The van der Waals surface area contributed by atoms with Crippen LogP contribution in [0.4, 0.5) is 5.69 Å². The Balaban J connectivity index is 1.82. The van der Waals surface area contributed by atoms with Crippen LogP contribution in [0.25, 0.3) is 0 Å². The number of carbonyl (C=O) groups excluding carboxylic acids is 4. The van der Waals surface area contributed by atoms with Crippen molar-refractivity contribution in [3.63, 3.8) is 0 Å². The lowest BCUT2D eigenvalue weighted by Crippen LogP contribution is -2.52. The zero-order valence-corrected chi connectivity index (χ0v) is 18.6. The number of rotatable bonds is 7. The number of hydrogen-bond donors (Lipinski definition) is 2. The highest BCUT2D eigenvalue weighted by Crippen LogP contribution is 2.33. The number of unbranched alkanes of at least 4 members (excludes halogenated alkanes) is 1. The minimum Gasteiger partial charge on any atom is -0.458 e. The number of nitrogens with zero attached hydrogens (tertiary/aromatic N) is 1. The van der Waals surface area contributed by atoms with Crippen LogP contribution < -0.4 is 10.6 Å². The first-order chi connectivity index (χ1) is 14.6. The molecule has 3 rings (SSSR count). The summed E-state index contributed by atoms with van der Waals surface area (Å²) in [6.07, 6.45) is 2.92. The average molecular weight is 430 g/mol.